The number of ether oxygens (including phenoxy) is 1. The minimum atomic E-state index is -0.147. The molecule has 0 saturated carbocycles. The zero-order valence-electron chi connectivity index (χ0n) is 24.6. The van der Waals surface area contributed by atoms with Crippen LogP contribution < -0.4 is 34.7 Å². The van der Waals surface area contributed by atoms with Crippen molar-refractivity contribution in [2.24, 2.45) is 0 Å². The third-order valence-corrected chi connectivity index (χ3v) is 5.89. The minimum Gasteiger partial charge on any atom is -0.812 e. The summed E-state index contributed by atoms with van der Waals surface area (Å²) in [5, 5.41) is 23.8. The number of aliphatic hydroxyl groups excluding tert-OH is 1. The van der Waals surface area contributed by atoms with E-state index in [0.29, 0.717) is 12.7 Å². The molecule has 1 N–H and O–H groups in total. The molecule has 0 bridgehead atoms. The average Bonchev–Trinajstić information content (AvgIpc) is 2.88. The van der Waals surface area contributed by atoms with Gasteiger partial charge in [-0.25, -0.2) is 5.26 Å². The van der Waals surface area contributed by atoms with Gasteiger partial charge in [0.05, 0.1) is 13.7 Å². The van der Waals surface area contributed by atoms with E-state index in [-0.39, 0.29) is 42.1 Å². The van der Waals surface area contributed by atoms with Crippen molar-refractivity contribution < 1.29 is 49.3 Å². The largest absolute Gasteiger partial charge is 1.00 e. The Labute approximate surface area is 251 Å². The van der Waals surface area contributed by atoms with Crippen LogP contribution in [0.4, 0.5) is 0 Å². The molecule has 0 atom stereocenters. The molecule has 0 saturated heterocycles. The van der Waals surface area contributed by atoms with Crippen molar-refractivity contribution in [1.82, 2.24) is 0 Å². The molecule has 0 aromatic heterocycles. The van der Waals surface area contributed by atoms with Crippen LogP contribution in [0, 0.1) is 53.1 Å². The molecule has 0 spiro atoms. The van der Waals surface area contributed by atoms with E-state index in [2.05, 4.69) is 81.8 Å². The van der Waals surface area contributed by atoms with E-state index in [1.54, 1.807) is 0 Å². The predicted molar refractivity (Wildman–Crippen MR) is 149 cm³/mol. The summed E-state index contributed by atoms with van der Waals surface area (Å²) in [6.07, 6.45) is 2.87. The van der Waals surface area contributed by atoms with E-state index in [4.69, 9.17) is 15.5 Å². The van der Waals surface area contributed by atoms with Crippen LogP contribution in [-0.4, -0.2) is 18.2 Å². The van der Waals surface area contributed by atoms with Crippen LogP contribution in [0.2, 0.25) is 0 Å². The number of aryl methyl sites for hydroxylation is 8. The second-order valence-electron chi connectivity index (χ2n) is 8.97. The Balaban J connectivity index is 0. The third-order valence-electron chi connectivity index (χ3n) is 5.89. The van der Waals surface area contributed by atoms with Gasteiger partial charge in [-0.1, -0.05) is 78.2 Å². The number of hydrogen-bond donors (Lipinski definition) is 1. The number of carbonyl (C=O) groups is 1. The molecule has 0 radical (unpaired) electrons. The molecule has 0 fully saturated rings. The summed E-state index contributed by atoms with van der Waals surface area (Å²) in [4.78, 5) is 11.0. The van der Waals surface area contributed by atoms with Crippen LogP contribution in [0.3, 0.4) is 0 Å². The zero-order valence-corrected chi connectivity index (χ0v) is 26.6. The van der Waals surface area contributed by atoms with Gasteiger partial charge in [0.2, 0.25) is 0 Å². The molecule has 3 rings (SSSR count). The summed E-state index contributed by atoms with van der Waals surface area (Å²) in [5.41, 5.74) is 11.3. The summed E-state index contributed by atoms with van der Waals surface area (Å²) in [6, 6.07) is 19.0. The summed E-state index contributed by atoms with van der Waals surface area (Å²) in [7, 11) is 1.42. The van der Waals surface area contributed by atoms with Crippen LogP contribution in [0.1, 0.15) is 63.4 Å². The fraction of sp³-hybridized carbons (Fsp3) is 0.375. The number of rotatable bonds is 5. The first-order chi connectivity index (χ1) is 17.5. The molecule has 0 aliphatic heterocycles. The number of carbonyl (C=O) groups excluding carboxylic acids is 1. The van der Waals surface area contributed by atoms with Crippen molar-refractivity contribution >= 4 is 5.97 Å². The first-order valence-electron chi connectivity index (χ1n) is 12.4. The summed E-state index contributed by atoms with van der Waals surface area (Å²) in [6.45, 7) is 14.8. The van der Waals surface area contributed by atoms with Gasteiger partial charge < -0.3 is 14.9 Å². The molecule has 0 aliphatic rings. The van der Waals surface area contributed by atoms with Gasteiger partial charge in [0.1, 0.15) is 0 Å². The summed E-state index contributed by atoms with van der Waals surface area (Å²) >= 11 is 0. The number of aliphatic hydroxyl groups is 1. The normalized spacial score (nSPS) is 9.05. The van der Waals surface area contributed by atoms with Crippen molar-refractivity contribution in [1.29, 1.82) is 5.26 Å². The molecule has 6 heteroatoms. The molecule has 38 heavy (non-hydrogen) atoms. The van der Waals surface area contributed by atoms with Gasteiger partial charge in [-0.2, -0.15) is 0 Å². The van der Waals surface area contributed by atoms with Crippen LogP contribution in [-0.2, 0) is 29.0 Å². The van der Waals surface area contributed by atoms with Gasteiger partial charge in [-0.15, -0.1) is 0 Å². The van der Waals surface area contributed by atoms with Crippen molar-refractivity contribution in [3.8, 4) is 6.26 Å². The fourth-order valence-electron chi connectivity index (χ4n) is 3.56. The van der Waals surface area contributed by atoms with E-state index in [1.165, 1.54) is 46.1 Å². The number of methoxy groups -OCH3 is 1. The fourth-order valence-corrected chi connectivity index (χ4v) is 3.56. The van der Waals surface area contributed by atoms with Gasteiger partial charge in [0.25, 0.3) is 0 Å². The van der Waals surface area contributed by atoms with E-state index >= 15 is 0 Å². The Morgan fingerprint density at radius 2 is 1.18 bits per heavy atom. The molecular formula is C32H42NNaO4. The van der Waals surface area contributed by atoms with Crippen LogP contribution in [0.25, 0.3) is 0 Å². The molecule has 0 aliphatic carbocycles. The van der Waals surface area contributed by atoms with E-state index in [1.807, 2.05) is 26.0 Å². The van der Waals surface area contributed by atoms with E-state index < -0.39 is 0 Å². The van der Waals surface area contributed by atoms with Gasteiger partial charge in [0.15, 0.2) is 0 Å². The maximum absolute atomic E-state index is 11.0. The third kappa shape index (κ3) is 15.6. The average molecular weight is 528 g/mol. The Morgan fingerprint density at radius 1 is 0.816 bits per heavy atom. The molecule has 0 heterocycles. The quantitative estimate of drug-likeness (QED) is 0.313. The number of benzene rings is 3. The maximum Gasteiger partial charge on any atom is 1.00 e. The van der Waals surface area contributed by atoms with Crippen molar-refractivity contribution in [3.05, 3.63) is 105 Å². The number of hydrogen-bond acceptors (Lipinski definition) is 5. The first-order valence-corrected chi connectivity index (χ1v) is 12.4. The second kappa shape index (κ2) is 21.3. The number of nitriles is 1. The van der Waals surface area contributed by atoms with Crippen LogP contribution in [0.15, 0.2) is 54.6 Å². The topological polar surface area (TPSA) is 93.4 Å². The van der Waals surface area contributed by atoms with Crippen molar-refractivity contribution in [3.63, 3.8) is 0 Å². The minimum absolute atomic E-state index is 0. The van der Waals surface area contributed by atoms with Crippen LogP contribution in [0.5, 0.6) is 0 Å². The van der Waals surface area contributed by atoms with Crippen LogP contribution >= 0.6 is 0 Å². The van der Waals surface area contributed by atoms with Crippen molar-refractivity contribution in [2.45, 2.75) is 74.3 Å². The molecule has 3 aromatic rings. The van der Waals surface area contributed by atoms with Gasteiger partial charge in [-0.3, -0.25) is 4.79 Å². The van der Waals surface area contributed by atoms with Gasteiger partial charge >= 0.3 is 35.5 Å². The summed E-state index contributed by atoms with van der Waals surface area (Å²) < 4.78 is 4.60. The van der Waals surface area contributed by atoms with E-state index in [9.17, 15) is 4.79 Å². The van der Waals surface area contributed by atoms with Gasteiger partial charge in [-0.05, 0) is 87.8 Å². The molecular weight excluding hydrogens is 485 g/mol. The molecule has 200 valence electrons. The summed E-state index contributed by atoms with van der Waals surface area (Å²) in [5.74, 6) is -0.147. The standard InChI is InChI=1S/C12H16O2.C10H14.C9H12O.CHNO.Na/c1-9-4-5-10(2)11(8-9)6-7-12(13)14-3;1-4-10-7-8(2)5-6-9(10)3;1-7-3-4-8(2)9(5-7)6-10;2-1-3;/h4-5,8H,6-7H2,1-3H3;5-7H,4H2,1-3H3;3-5,10H,6H2,1-2H3;3H;/q;;;;+1/p-1. The van der Waals surface area contributed by atoms with E-state index in [0.717, 1.165) is 24.0 Å². The Bertz CT molecular complexity index is 1100. The number of esters is 1. The predicted octanol–water partition coefficient (Wildman–Crippen LogP) is 2.90. The number of nitrogens with zero attached hydrogens (tertiary/aromatic N) is 1. The molecule has 5 nitrogen and oxygen atoms in total. The molecule has 0 unspecified atom stereocenters. The smallest absolute Gasteiger partial charge is 0.812 e. The zero-order chi connectivity index (χ0) is 28.4. The van der Waals surface area contributed by atoms with Crippen molar-refractivity contribution in [2.75, 3.05) is 7.11 Å². The monoisotopic (exact) mass is 527 g/mol. The Hall–Kier alpha value is -2.62. The molecule has 0 amide bonds. The second-order valence-corrected chi connectivity index (χ2v) is 8.97. The maximum atomic E-state index is 11.0. The van der Waals surface area contributed by atoms with Gasteiger partial charge in [0, 0.05) is 12.7 Å². The first kappa shape index (κ1) is 37.5. The molecule has 3 aromatic carbocycles. The SMILES string of the molecule is CCc1cc(C)ccc1C.COC(=O)CCc1cc(C)ccc1C.Cc1ccc(C)c(CO)c1.N#C[O-].[Na+]. The Morgan fingerprint density at radius 3 is 1.53 bits per heavy atom. The Kier molecular flexibility index (Phi) is 21.1.